The van der Waals surface area contributed by atoms with E-state index in [4.69, 9.17) is 9.84 Å². The number of hydrogen-bond acceptors (Lipinski definition) is 5. The zero-order valence-corrected chi connectivity index (χ0v) is 15.1. The number of thiazole rings is 1. The molecule has 2 heterocycles. The van der Waals surface area contributed by atoms with Gasteiger partial charge >= 0.3 is 5.97 Å². The maximum absolute atomic E-state index is 12.5. The van der Waals surface area contributed by atoms with E-state index in [1.54, 1.807) is 12.3 Å². The van der Waals surface area contributed by atoms with Crippen LogP contribution in [0.4, 0.5) is 0 Å². The Balaban J connectivity index is 2.08. The molecule has 2 rings (SSSR count). The van der Waals surface area contributed by atoms with Gasteiger partial charge in [0, 0.05) is 41.8 Å². The molecule has 1 amide bonds. The summed E-state index contributed by atoms with van der Waals surface area (Å²) in [6.07, 6.45) is 6.23. The second-order valence-corrected chi connectivity index (χ2v) is 7.92. The van der Waals surface area contributed by atoms with Crippen LogP contribution >= 0.6 is 11.3 Å². The molecule has 0 unspecified atom stereocenters. The van der Waals surface area contributed by atoms with Crippen LogP contribution < -0.4 is 0 Å². The lowest BCUT2D eigenvalue weighted by atomic mass is 9.98. The largest absolute Gasteiger partial charge is 0.480 e. The number of rotatable bonds is 5. The molecule has 132 valence electrons. The smallest absolute Gasteiger partial charge is 0.323 e. The molecule has 1 aromatic rings. The van der Waals surface area contributed by atoms with Gasteiger partial charge in [-0.3, -0.25) is 9.59 Å². The number of aromatic nitrogens is 1. The molecule has 24 heavy (non-hydrogen) atoms. The highest BCUT2D eigenvalue weighted by atomic mass is 32.1. The summed E-state index contributed by atoms with van der Waals surface area (Å²) in [5, 5.41) is 10.1. The van der Waals surface area contributed by atoms with Crippen molar-refractivity contribution in [1.82, 2.24) is 9.88 Å². The van der Waals surface area contributed by atoms with Gasteiger partial charge in [0.25, 0.3) is 0 Å². The number of carbonyl (C=O) groups is 2. The van der Waals surface area contributed by atoms with Crippen LogP contribution in [0.2, 0.25) is 0 Å². The van der Waals surface area contributed by atoms with Crippen molar-refractivity contribution < 1.29 is 19.4 Å². The van der Waals surface area contributed by atoms with Gasteiger partial charge in [0.05, 0.1) is 5.01 Å². The number of aliphatic carboxylic acids is 1. The number of carboxylic acids is 1. The van der Waals surface area contributed by atoms with E-state index in [1.807, 2.05) is 0 Å². The van der Waals surface area contributed by atoms with Crippen molar-refractivity contribution in [3.63, 3.8) is 0 Å². The van der Waals surface area contributed by atoms with Gasteiger partial charge in [0.1, 0.15) is 6.54 Å². The first-order chi connectivity index (χ1) is 11.3. The Kier molecular flexibility index (Phi) is 6.12. The van der Waals surface area contributed by atoms with Gasteiger partial charge < -0.3 is 14.7 Å². The lowest BCUT2D eigenvalue weighted by Crippen LogP contribution is -2.45. The summed E-state index contributed by atoms with van der Waals surface area (Å²) in [6, 6.07) is -0.0846. The molecule has 0 aliphatic carbocycles. The number of hydrogen-bond donors (Lipinski definition) is 1. The quantitative estimate of drug-likeness (QED) is 0.824. The van der Waals surface area contributed by atoms with Crippen LogP contribution in [-0.4, -0.2) is 52.7 Å². The minimum absolute atomic E-state index is 0.0296. The molecule has 7 heteroatoms. The van der Waals surface area contributed by atoms with E-state index >= 15 is 0 Å². The van der Waals surface area contributed by atoms with E-state index in [1.165, 1.54) is 22.3 Å². The van der Waals surface area contributed by atoms with Crippen molar-refractivity contribution >= 4 is 29.3 Å². The SMILES string of the molecule is CC(C)(C)c1ncc(/C=C/C(=O)N(CC(=O)O)C2CCOCC2)s1. The minimum Gasteiger partial charge on any atom is -0.480 e. The summed E-state index contributed by atoms with van der Waals surface area (Å²) in [6.45, 7) is 7.09. The number of carboxylic acid groups (broad SMARTS) is 1. The van der Waals surface area contributed by atoms with Gasteiger partial charge in [-0.15, -0.1) is 11.3 Å². The monoisotopic (exact) mass is 352 g/mol. The normalized spacial score (nSPS) is 16.5. The van der Waals surface area contributed by atoms with Crippen LogP contribution in [0, 0.1) is 0 Å². The lowest BCUT2D eigenvalue weighted by Gasteiger charge is -2.32. The molecule has 0 bridgehead atoms. The van der Waals surface area contributed by atoms with Crippen molar-refractivity contribution in [3.05, 3.63) is 22.2 Å². The lowest BCUT2D eigenvalue weighted by molar-refractivity contribution is -0.145. The minimum atomic E-state index is -1.00. The van der Waals surface area contributed by atoms with Crippen molar-refractivity contribution in [1.29, 1.82) is 0 Å². The van der Waals surface area contributed by atoms with E-state index in [-0.39, 0.29) is 23.9 Å². The molecule has 1 N–H and O–H groups in total. The second kappa shape index (κ2) is 7.90. The van der Waals surface area contributed by atoms with Gasteiger partial charge in [-0.05, 0) is 18.9 Å². The van der Waals surface area contributed by atoms with Crippen LogP contribution in [0.1, 0.15) is 43.5 Å². The summed E-state index contributed by atoms with van der Waals surface area (Å²) in [7, 11) is 0. The predicted octanol–water partition coefficient (Wildman–Crippen LogP) is 2.55. The molecule has 0 spiro atoms. The van der Waals surface area contributed by atoms with Crippen molar-refractivity contribution in [3.8, 4) is 0 Å². The fourth-order valence-corrected chi connectivity index (χ4v) is 3.37. The van der Waals surface area contributed by atoms with Crippen molar-refractivity contribution in [2.45, 2.75) is 45.1 Å². The average molecular weight is 352 g/mol. The van der Waals surface area contributed by atoms with E-state index < -0.39 is 5.97 Å². The van der Waals surface area contributed by atoms with Crippen LogP contribution in [0.3, 0.4) is 0 Å². The Hall–Kier alpha value is -1.73. The van der Waals surface area contributed by atoms with Gasteiger partial charge in [-0.25, -0.2) is 4.98 Å². The number of amides is 1. The molecule has 1 aromatic heterocycles. The van der Waals surface area contributed by atoms with E-state index in [9.17, 15) is 9.59 Å². The fraction of sp³-hybridized carbons (Fsp3) is 0.588. The summed E-state index contributed by atoms with van der Waals surface area (Å²) in [5.41, 5.74) is -0.0296. The van der Waals surface area contributed by atoms with Gasteiger partial charge in [-0.2, -0.15) is 0 Å². The highest BCUT2D eigenvalue weighted by Gasteiger charge is 2.26. The molecule has 0 aromatic carbocycles. The van der Waals surface area contributed by atoms with E-state index in [2.05, 4.69) is 25.8 Å². The zero-order chi connectivity index (χ0) is 17.7. The van der Waals surface area contributed by atoms with E-state index in [0.29, 0.717) is 26.1 Å². The van der Waals surface area contributed by atoms with Gasteiger partial charge in [0.2, 0.25) is 5.91 Å². The molecule has 6 nitrogen and oxygen atoms in total. The van der Waals surface area contributed by atoms with Gasteiger partial charge in [-0.1, -0.05) is 20.8 Å². The van der Waals surface area contributed by atoms with Crippen LogP contribution in [0.5, 0.6) is 0 Å². The summed E-state index contributed by atoms with van der Waals surface area (Å²) in [5.74, 6) is -1.29. The zero-order valence-electron chi connectivity index (χ0n) is 14.3. The van der Waals surface area contributed by atoms with Crippen molar-refractivity contribution in [2.24, 2.45) is 0 Å². The number of nitrogens with zero attached hydrogens (tertiary/aromatic N) is 2. The summed E-state index contributed by atoms with van der Waals surface area (Å²) < 4.78 is 5.29. The molecule has 1 aliphatic rings. The average Bonchev–Trinajstić information content (AvgIpc) is 3.00. The Morgan fingerprint density at radius 1 is 1.42 bits per heavy atom. The topological polar surface area (TPSA) is 79.7 Å². The highest BCUT2D eigenvalue weighted by molar-refractivity contribution is 7.12. The Morgan fingerprint density at radius 3 is 2.62 bits per heavy atom. The van der Waals surface area contributed by atoms with Crippen LogP contribution in [0.15, 0.2) is 12.3 Å². The fourth-order valence-electron chi connectivity index (χ4n) is 2.49. The van der Waals surface area contributed by atoms with Crippen LogP contribution in [0.25, 0.3) is 6.08 Å². The Morgan fingerprint density at radius 2 is 2.08 bits per heavy atom. The Labute approximate surface area is 146 Å². The molecule has 0 atom stereocenters. The first kappa shape index (κ1) is 18.6. The molecule has 0 saturated carbocycles. The summed E-state index contributed by atoms with van der Waals surface area (Å²) in [4.78, 5) is 30.3. The highest BCUT2D eigenvalue weighted by Crippen LogP contribution is 2.27. The molecule has 1 saturated heterocycles. The molecular weight excluding hydrogens is 328 g/mol. The maximum Gasteiger partial charge on any atom is 0.323 e. The Bertz CT molecular complexity index is 612. The summed E-state index contributed by atoms with van der Waals surface area (Å²) >= 11 is 1.54. The predicted molar refractivity (Wildman–Crippen MR) is 93.0 cm³/mol. The third-order valence-electron chi connectivity index (χ3n) is 3.78. The third-order valence-corrected chi connectivity index (χ3v) is 5.16. The first-order valence-electron chi connectivity index (χ1n) is 8.02. The standard InChI is InChI=1S/C17H24N2O4S/c1-17(2,3)16-18-10-13(24-16)4-5-14(20)19(11-15(21)22)12-6-8-23-9-7-12/h4-5,10,12H,6-9,11H2,1-3H3,(H,21,22)/b5-4+. The molecule has 0 radical (unpaired) electrons. The van der Waals surface area contributed by atoms with Crippen LogP contribution in [-0.2, 0) is 19.7 Å². The second-order valence-electron chi connectivity index (χ2n) is 6.85. The molecule has 1 aliphatic heterocycles. The van der Waals surface area contributed by atoms with Crippen molar-refractivity contribution in [2.75, 3.05) is 19.8 Å². The first-order valence-corrected chi connectivity index (χ1v) is 8.83. The third kappa shape index (κ3) is 5.14. The van der Waals surface area contributed by atoms with Gasteiger partial charge in [0.15, 0.2) is 0 Å². The molecular formula is C17H24N2O4S. The maximum atomic E-state index is 12.5. The van der Waals surface area contributed by atoms with E-state index in [0.717, 1.165) is 9.88 Å². The number of carbonyl (C=O) groups excluding carboxylic acids is 1. The number of ether oxygens (including phenoxy) is 1. The molecule has 1 fully saturated rings.